The second kappa shape index (κ2) is 11.6. The Balaban J connectivity index is 1.84. The van der Waals surface area contributed by atoms with Gasteiger partial charge >= 0.3 is 0 Å². The number of hydrogen-bond acceptors (Lipinski definition) is 3. The Morgan fingerprint density at radius 2 is 1.61 bits per heavy atom. The summed E-state index contributed by atoms with van der Waals surface area (Å²) < 4.78 is 0. The standard InChI is InChI=1S/C21H25Cl2N3O2/c22-12-14-26(15-13-23)17-10-8-16(9-11-17)4-3-7-20(27)25-19-6-2-1-5-18(19)21(24)28/h1-2,5-6,8-11H,3-4,7,12-15H2,(H2,24,28)(H,25,27). The normalized spacial score (nSPS) is 10.5. The zero-order valence-corrected chi connectivity index (χ0v) is 17.2. The largest absolute Gasteiger partial charge is 0.369 e. The molecule has 0 aliphatic heterocycles. The number of halogens is 2. The quantitative estimate of drug-likeness (QED) is 0.537. The van der Waals surface area contributed by atoms with E-state index in [1.165, 1.54) is 0 Å². The number of nitrogens with two attached hydrogens (primary N) is 1. The summed E-state index contributed by atoms with van der Waals surface area (Å²) in [7, 11) is 0. The highest BCUT2D eigenvalue weighted by molar-refractivity contribution is 6.18. The molecule has 0 aliphatic carbocycles. The van der Waals surface area contributed by atoms with Gasteiger partial charge in [-0.1, -0.05) is 24.3 Å². The van der Waals surface area contributed by atoms with Crippen molar-refractivity contribution in [3.63, 3.8) is 0 Å². The van der Waals surface area contributed by atoms with Crippen molar-refractivity contribution >= 4 is 46.4 Å². The Kier molecular flexibility index (Phi) is 9.11. The minimum Gasteiger partial charge on any atom is -0.369 e. The van der Waals surface area contributed by atoms with Gasteiger partial charge in [0.05, 0.1) is 11.3 Å². The predicted octanol–water partition coefficient (Wildman–Crippen LogP) is 4.03. The van der Waals surface area contributed by atoms with Crippen molar-refractivity contribution in [1.82, 2.24) is 0 Å². The molecule has 0 aromatic heterocycles. The van der Waals surface area contributed by atoms with Crippen LogP contribution in [-0.2, 0) is 11.2 Å². The molecule has 5 nitrogen and oxygen atoms in total. The number of carbonyl (C=O) groups is 2. The molecule has 0 unspecified atom stereocenters. The molecule has 0 saturated heterocycles. The molecule has 7 heteroatoms. The monoisotopic (exact) mass is 421 g/mol. The van der Waals surface area contributed by atoms with Crippen LogP contribution in [0.1, 0.15) is 28.8 Å². The van der Waals surface area contributed by atoms with Gasteiger partial charge in [0.2, 0.25) is 5.91 Å². The molecule has 0 radical (unpaired) electrons. The van der Waals surface area contributed by atoms with Crippen LogP contribution in [0.3, 0.4) is 0 Å². The second-order valence-electron chi connectivity index (χ2n) is 6.34. The molecule has 0 bridgehead atoms. The molecule has 0 heterocycles. The van der Waals surface area contributed by atoms with E-state index in [1.807, 2.05) is 0 Å². The molecule has 2 rings (SSSR count). The third-order valence-corrected chi connectivity index (χ3v) is 4.68. The number of para-hydroxylation sites is 1. The number of rotatable bonds is 11. The first-order chi connectivity index (χ1) is 13.5. The van der Waals surface area contributed by atoms with Gasteiger partial charge in [-0.15, -0.1) is 23.2 Å². The maximum Gasteiger partial charge on any atom is 0.250 e. The van der Waals surface area contributed by atoms with Crippen LogP contribution in [0.25, 0.3) is 0 Å². The number of amides is 2. The lowest BCUT2D eigenvalue weighted by molar-refractivity contribution is -0.116. The van der Waals surface area contributed by atoms with Crippen molar-refractivity contribution in [3.8, 4) is 0 Å². The molecular weight excluding hydrogens is 397 g/mol. The molecule has 0 spiro atoms. The molecule has 28 heavy (non-hydrogen) atoms. The van der Waals surface area contributed by atoms with Gasteiger partial charge in [-0.3, -0.25) is 9.59 Å². The molecule has 2 aromatic rings. The molecule has 3 N–H and O–H groups in total. The number of carbonyl (C=O) groups excluding carboxylic acids is 2. The van der Waals surface area contributed by atoms with Crippen molar-refractivity contribution in [2.45, 2.75) is 19.3 Å². The van der Waals surface area contributed by atoms with Crippen LogP contribution in [0.4, 0.5) is 11.4 Å². The van der Waals surface area contributed by atoms with E-state index in [9.17, 15) is 9.59 Å². The molecule has 0 atom stereocenters. The summed E-state index contributed by atoms with van der Waals surface area (Å²) in [6.45, 7) is 1.50. The number of hydrogen-bond donors (Lipinski definition) is 2. The molecule has 2 aromatic carbocycles. The molecule has 0 fully saturated rings. The zero-order chi connectivity index (χ0) is 20.4. The lowest BCUT2D eigenvalue weighted by Crippen LogP contribution is -2.27. The Hall–Kier alpha value is -2.24. The van der Waals surface area contributed by atoms with Crippen LogP contribution < -0.4 is 16.0 Å². The fourth-order valence-corrected chi connectivity index (χ4v) is 3.33. The Labute approximate surface area is 175 Å². The van der Waals surface area contributed by atoms with Crippen molar-refractivity contribution in [2.24, 2.45) is 5.73 Å². The van der Waals surface area contributed by atoms with Gasteiger partial charge in [0, 0.05) is 37.0 Å². The molecule has 150 valence electrons. The lowest BCUT2D eigenvalue weighted by atomic mass is 10.1. The Morgan fingerprint density at radius 1 is 0.964 bits per heavy atom. The zero-order valence-electron chi connectivity index (χ0n) is 15.7. The highest BCUT2D eigenvalue weighted by Gasteiger charge is 2.10. The molecular formula is C21H25Cl2N3O2. The topological polar surface area (TPSA) is 75.4 Å². The van der Waals surface area contributed by atoms with Crippen LogP contribution in [0.5, 0.6) is 0 Å². The maximum atomic E-state index is 12.2. The fourth-order valence-electron chi connectivity index (χ4n) is 2.92. The van der Waals surface area contributed by atoms with E-state index in [0.717, 1.165) is 30.8 Å². The number of anilines is 2. The van der Waals surface area contributed by atoms with Crippen LogP contribution in [0.15, 0.2) is 48.5 Å². The second-order valence-corrected chi connectivity index (χ2v) is 7.10. The summed E-state index contributed by atoms with van der Waals surface area (Å²) in [5.41, 5.74) is 8.33. The number of benzene rings is 2. The SMILES string of the molecule is NC(=O)c1ccccc1NC(=O)CCCc1ccc(N(CCCl)CCCl)cc1. The molecule has 0 saturated carbocycles. The number of alkyl halides is 2. The minimum atomic E-state index is -0.562. The van der Waals surface area contributed by atoms with Gasteiger partial charge in [-0.25, -0.2) is 0 Å². The summed E-state index contributed by atoms with van der Waals surface area (Å²) in [6, 6.07) is 15.0. The predicted molar refractivity (Wildman–Crippen MR) is 117 cm³/mol. The summed E-state index contributed by atoms with van der Waals surface area (Å²) >= 11 is 11.7. The summed E-state index contributed by atoms with van der Waals surface area (Å²) in [5, 5.41) is 2.76. The van der Waals surface area contributed by atoms with E-state index in [4.69, 9.17) is 28.9 Å². The Morgan fingerprint density at radius 3 is 2.21 bits per heavy atom. The number of aryl methyl sites for hydroxylation is 1. The summed E-state index contributed by atoms with van der Waals surface area (Å²) in [6.07, 6.45) is 1.85. The highest BCUT2D eigenvalue weighted by atomic mass is 35.5. The number of nitrogens with one attached hydrogen (secondary N) is 1. The Bertz CT molecular complexity index is 775. The van der Waals surface area contributed by atoms with E-state index < -0.39 is 5.91 Å². The van der Waals surface area contributed by atoms with Gasteiger partial charge in [0.25, 0.3) is 5.91 Å². The van der Waals surface area contributed by atoms with Gasteiger partial charge < -0.3 is 16.0 Å². The van der Waals surface area contributed by atoms with Gasteiger partial charge in [-0.2, -0.15) is 0 Å². The first kappa shape index (κ1) is 22.1. The number of nitrogens with zero attached hydrogens (tertiary/aromatic N) is 1. The smallest absolute Gasteiger partial charge is 0.250 e. The molecule has 2 amide bonds. The van der Waals surface area contributed by atoms with Crippen LogP contribution in [0, 0.1) is 0 Å². The third-order valence-electron chi connectivity index (χ3n) is 4.35. The average Bonchev–Trinajstić information content (AvgIpc) is 2.68. The minimum absolute atomic E-state index is 0.138. The van der Waals surface area contributed by atoms with Gasteiger partial charge in [-0.05, 0) is 42.7 Å². The van der Waals surface area contributed by atoms with Crippen molar-refractivity contribution in [2.75, 3.05) is 35.1 Å². The van der Waals surface area contributed by atoms with Gasteiger partial charge in [0.1, 0.15) is 0 Å². The first-order valence-corrected chi connectivity index (χ1v) is 10.3. The average molecular weight is 422 g/mol. The summed E-state index contributed by atoms with van der Waals surface area (Å²) in [4.78, 5) is 25.7. The number of primary amides is 1. The fraction of sp³-hybridized carbons (Fsp3) is 0.333. The van der Waals surface area contributed by atoms with Crippen molar-refractivity contribution in [1.29, 1.82) is 0 Å². The summed E-state index contributed by atoms with van der Waals surface area (Å²) in [5.74, 6) is 0.397. The third kappa shape index (κ3) is 6.73. The first-order valence-electron chi connectivity index (χ1n) is 9.19. The van der Waals surface area contributed by atoms with Crippen molar-refractivity contribution < 1.29 is 9.59 Å². The van der Waals surface area contributed by atoms with Crippen LogP contribution >= 0.6 is 23.2 Å². The lowest BCUT2D eigenvalue weighted by Gasteiger charge is -2.23. The van der Waals surface area contributed by atoms with E-state index in [2.05, 4.69) is 34.5 Å². The van der Waals surface area contributed by atoms with E-state index in [0.29, 0.717) is 35.9 Å². The highest BCUT2D eigenvalue weighted by Crippen LogP contribution is 2.18. The maximum absolute atomic E-state index is 12.2. The van der Waals surface area contributed by atoms with Crippen molar-refractivity contribution in [3.05, 3.63) is 59.7 Å². The molecule has 0 aliphatic rings. The van der Waals surface area contributed by atoms with Crippen LogP contribution in [0.2, 0.25) is 0 Å². The van der Waals surface area contributed by atoms with E-state index in [1.54, 1.807) is 24.3 Å². The van der Waals surface area contributed by atoms with E-state index in [-0.39, 0.29) is 5.91 Å². The van der Waals surface area contributed by atoms with Gasteiger partial charge in [0.15, 0.2) is 0 Å². The van der Waals surface area contributed by atoms with Crippen LogP contribution in [-0.4, -0.2) is 36.7 Å². The van der Waals surface area contributed by atoms with E-state index >= 15 is 0 Å².